The monoisotopic (exact) mass is 323 g/mol. The second-order valence-electron chi connectivity index (χ2n) is 6.19. The average Bonchev–Trinajstić information content (AvgIpc) is 2.61. The molecular weight excluding hydrogens is 302 g/mol. The summed E-state index contributed by atoms with van der Waals surface area (Å²) in [6.07, 6.45) is 0.0460. The van der Waals surface area contributed by atoms with E-state index < -0.39 is 12.1 Å². The summed E-state index contributed by atoms with van der Waals surface area (Å²) in [6, 6.07) is 15.3. The molecule has 0 unspecified atom stereocenters. The first-order valence-electron chi connectivity index (χ1n) is 8.18. The number of hydrogen-bond acceptors (Lipinski definition) is 3. The van der Waals surface area contributed by atoms with Crippen LogP contribution in [0.25, 0.3) is 0 Å². The van der Waals surface area contributed by atoms with Gasteiger partial charge in [-0.15, -0.1) is 0 Å². The van der Waals surface area contributed by atoms with Crippen molar-refractivity contribution in [2.75, 3.05) is 6.54 Å². The van der Waals surface area contributed by atoms with E-state index in [-0.39, 0.29) is 5.91 Å². The van der Waals surface area contributed by atoms with Gasteiger partial charge in [0, 0.05) is 13.1 Å². The maximum atomic E-state index is 12.6. The zero-order valence-corrected chi connectivity index (χ0v) is 14.0. The summed E-state index contributed by atoms with van der Waals surface area (Å²) in [5.74, 6) is -0.613. The number of carbonyl (C=O) groups is 2. The van der Waals surface area contributed by atoms with E-state index in [0.717, 1.165) is 17.5 Å². The Labute approximate surface area is 142 Å². The molecule has 1 aliphatic rings. The number of fused-ring (bicyclic) bond motifs is 1. The number of esters is 1. The third kappa shape index (κ3) is 3.48. The van der Waals surface area contributed by atoms with Crippen molar-refractivity contribution in [3.63, 3.8) is 0 Å². The van der Waals surface area contributed by atoms with Crippen molar-refractivity contribution in [3.05, 3.63) is 70.8 Å². The SMILES string of the molecule is Cc1ccc(C(=O)O[C@H](C)C(=O)N2CCc3ccccc3C2)cc1. The molecule has 0 aromatic heterocycles. The van der Waals surface area contributed by atoms with Crippen LogP contribution in [0.3, 0.4) is 0 Å². The van der Waals surface area contributed by atoms with Gasteiger partial charge in [-0.3, -0.25) is 4.79 Å². The molecule has 0 radical (unpaired) electrons. The number of ether oxygens (including phenoxy) is 1. The van der Waals surface area contributed by atoms with E-state index >= 15 is 0 Å². The van der Waals surface area contributed by atoms with Gasteiger partial charge in [-0.2, -0.15) is 0 Å². The lowest BCUT2D eigenvalue weighted by molar-refractivity contribution is -0.140. The number of amides is 1. The molecule has 0 spiro atoms. The highest BCUT2D eigenvalue weighted by molar-refractivity contribution is 5.92. The van der Waals surface area contributed by atoms with Crippen LogP contribution in [-0.2, 0) is 22.5 Å². The highest BCUT2D eigenvalue weighted by atomic mass is 16.5. The first-order chi connectivity index (χ1) is 11.5. The van der Waals surface area contributed by atoms with Gasteiger partial charge in [0.15, 0.2) is 6.10 Å². The lowest BCUT2D eigenvalue weighted by Gasteiger charge is -2.30. The Morgan fingerprint density at radius 2 is 1.71 bits per heavy atom. The molecule has 24 heavy (non-hydrogen) atoms. The van der Waals surface area contributed by atoms with Gasteiger partial charge in [0.2, 0.25) is 0 Å². The lowest BCUT2D eigenvalue weighted by Crippen LogP contribution is -2.42. The standard InChI is InChI=1S/C20H21NO3/c1-14-7-9-17(10-8-14)20(23)24-15(2)19(22)21-12-11-16-5-3-4-6-18(16)13-21/h3-10,15H,11-13H2,1-2H3/t15-/m1/s1. The second kappa shape index (κ2) is 6.87. The zero-order valence-electron chi connectivity index (χ0n) is 14.0. The van der Waals surface area contributed by atoms with Crippen molar-refractivity contribution in [1.82, 2.24) is 4.90 Å². The van der Waals surface area contributed by atoms with E-state index in [0.29, 0.717) is 18.7 Å². The minimum atomic E-state index is -0.788. The molecule has 0 bridgehead atoms. The highest BCUT2D eigenvalue weighted by Crippen LogP contribution is 2.19. The van der Waals surface area contributed by atoms with Crippen LogP contribution in [0.2, 0.25) is 0 Å². The average molecular weight is 323 g/mol. The molecule has 2 aromatic carbocycles. The Balaban J connectivity index is 1.63. The molecule has 0 N–H and O–H groups in total. The van der Waals surface area contributed by atoms with Crippen molar-refractivity contribution in [3.8, 4) is 0 Å². The fourth-order valence-electron chi connectivity index (χ4n) is 2.91. The summed E-state index contributed by atoms with van der Waals surface area (Å²) >= 11 is 0. The van der Waals surface area contributed by atoms with Crippen LogP contribution in [-0.4, -0.2) is 29.4 Å². The van der Waals surface area contributed by atoms with E-state index in [2.05, 4.69) is 6.07 Å². The molecular formula is C20H21NO3. The van der Waals surface area contributed by atoms with Gasteiger partial charge < -0.3 is 9.64 Å². The van der Waals surface area contributed by atoms with E-state index in [1.807, 2.05) is 37.3 Å². The molecule has 0 saturated carbocycles. The molecule has 3 rings (SSSR count). The van der Waals surface area contributed by atoms with Crippen molar-refractivity contribution in [2.24, 2.45) is 0 Å². The van der Waals surface area contributed by atoms with Crippen LogP contribution in [0.15, 0.2) is 48.5 Å². The largest absolute Gasteiger partial charge is 0.449 e. The normalized spacial score (nSPS) is 14.7. The predicted octanol–water partition coefficient (Wildman–Crippen LogP) is 3.13. The maximum absolute atomic E-state index is 12.6. The molecule has 1 atom stereocenters. The minimum Gasteiger partial charge on any atom is -0.449 e. The minimum absolute atomic E-state index is 0.148. The summed E-state index contributed by atoms with van der Waals surface area (Å²) in [6.45, 7) is 4.81. The first kappa shape index (κ1) is 16.2. The number of aryl methyl sites for hydroxylation is 1. The first-order valence-corrected chi connectivity index (χ1v) is 8.18. The fourth-order valence-corrected chi connectivity index (χ4v) is 2.91. The summed E-state index contributed by atoms with van der Waals surface area (Å²) in [7, 11) is 0. The number of nitrogens with zero attached hydrogens (tertiary/aromatic N) is 1. The number of hydrogen-bond donors (Lipinski definition) is 0. The van der Waals surface area contributed by atoms with E-state index in [1.54, 1.807) is 24.0 Å². The van der Waals surface area contributed by atoms with Gasteiger partial charge in [0.25, 0.3) is 5.91 Å². The van der Waals surface area contributed by atoms with Gasteiger partial charge in [-0.25, -0.2) is 4.79 Å². The molecule has 1 amide bonds. The fraction of sp³-hybridized carbons (Fsp3) is 0.300. The summed E-state index contributed by atoms with van der Waals surface area (Å²) < 4.78 is 5.35. The Morgan fingerprint density at radius 1 is 1.04 bits per heavy atom. The van der Waals surface area contributed by atoms with Crippen molar-refractivity contribution in [1.29, 1.82) is 0 Å². The zero-order chi connectivity index (χ0) is 17.1. The van der Waals surface area contributed by atoms with Gasteiger partial charge in [0.1, 0.15) is 0 Å². The molecule has 0 aliphatic carbocycles. The molecule has 0 saturated heterocycles. The van der Waals surface area contributed by atoms with Gasteiger partial charge >= 0.3 is 5.97 Å². The summed E-state index contributed by atoms with van der Waals surface area (Å²) in [5, 5.41) is 0. The molecule has 124 valence electrons. The van der Waals surface area contributed by atoms with Crippen LogP contribution < -0.4 is 0 Å². The smallest absolute Gasteiger partial charge is 0.338 e. The van der Waals surface area contributed by atoms with Crippen molar-refractivity contribution < 1.29 is 14.3 Å². The molecule has 4 nitrogen and oxygen atoms in total. The second-order valence-corrected chi connectivity index (χ2v) is 6.19. The van der Waals surface area contributed by atoms with Crippen molar-refractivity contribution >= 4 is 11.9 Å². The van der Waals surface area contributed by atoms with Crippen molar-refractivity contribution in [2.45, 2.75) is 32.9 Å². The Bertz CT molecular complexity index is 752. The Kier molecular flexibility index (Phi) is 4.65. The van der Waals surface area contributed by atoms with Crippen LogP contribution in [0.1, 0.15) is 34.0 Å². The van der Waals surface area contributed by atoms with E-state index in [1.165, 1.54) is 5.56 Å². The molecule has 1 heterocycles. The van der Waals surface area contributed by atoms with Crippen LogP contribution in [0.5, 0.6) is 0 Å². The molecule has 2 aromatic rings. The molecule has 4 heteroatoms. The van der Waals surface area contributed by atoms with Gasteiger partial charge in [0.05, 0.1) is 5.56 Å². The van der Waals surface area contributed by atoms with Crippen LogP contribution >= 0.6 is 0 Å². The number of carbonyl (C=O) groups excluding carboxylic acids is 2. The topological polar surface area (TPSA) is 46.6 Å². The summed E-state index contributed by atoms with van der Waals surface area (Å²) in [4.78, 5) is 26.5. The maximum Gasteiger partial charge on any atom is 0.338 e. The van der Waals surface area contributed by atoms with Gasteiger partial charge in [-0.1, -0.05) is 42.0 Å². The number of benzene rings is 2. The van der Waals surface area contributed by atoms with E-state index in [4.69, 9.17) is 4.74 Å². The summed E-state index contributed by atoms with van der Waals surface area (Å²) in [5.41, 5.74) is 3.98. The Hall–Kier alpha value is -2.62. The third-order valence-corrected chi connectivity index (χ3v) is 4.36. The van der Waals surface area contributed by atoms with E-state index in [9.17, 15) is 9.59 Å². The predicted molar refractivity (Wildman–Crippen MR) is 91.6 cm³/mol. The highest BCUT2D eigenvalue weighted by Gasteiger charge is 2.27. The van der Waals surface area contributed by atoms with Gasteiger partial charge in [-0.05, 0) is 43.5 Å². The van der Waals surface area contributed by atoms with Crippen LogP contribution in [0.4, 0.5) is 0 Å². The lowest BCUT2D eigenvalue weighted by atomic mass is 9.99. The van der Waals surface area contributed by atoms with Crippen LogP contribution in [0, 0.1) is 6.92 Å². The third-order valence-electron chi connectivity index (χ3n) is 4.36. The number of rotatable bonds is 3. The molecule has 1 aliphatic heterocycles. The quantitative estimate of drug-likeness (QED) is 0.815. The molecule has 0 fully saturated rings. The Morgan fingerprint density at radius 3 is 2.42 bits per heavy atom.